The molecular formula is C30H31ClF3N5O2. The second-order valence-corrected chi connectivity index (χ2v) is 10.5. The van der Waals surface area contributed by atoms with Crippen LogP contribution in [0.1, 0.15) is 27.9 Å². The molecule has 1 fully saturated rings. The number of halogens is 4. The molecule has 3 aromatic carbocycles. The summed E-state index contributed by atoms with van der Waals surface area (Å²) in [6, 6.07) is 14.3. The summed E-state index contributed by atoms with van der Waals surface area (Å²) in [5.74, 6) is 1.10. The number of ether oxygens (including phenoxy) is 1. The minimum absolute atomic E-state index is 0.169. The number of amides is 1. The number of aromatic amines is 1. The number of carbonyl (C=O) groups is 1. The van der Waals surface area contributed by atoms with Crippen LogP contribution in [0.5, 0.6) is 5.75 Å². The van der Waals surface area contributed by atoms with Crippen molar-refractivity contribution in [2.24, 2.45) is 0 Å². The first-order chi connectivity index (χ1) is 19.6. The predicted molar refractivity (Wildman–Crippen MR) is 155 cm³/mol. The third kappa shape index (κ3) is 6.60. The number of carbonyl (C=O) groups excluding carboxylic acids is 1. The van der Waals surface area contributed by atoms with Gasteiger partial charge in [0.15, 0.2) is 0 Å². The van der Waals surface area contributed by atoms with Crippen LogP contribution in [0.3, 0.4) is 0 Å². The number of fused-ring (bicyclic) bond motifs is 1. The topological polar surface area (TPSA) is 73.5 Å². The van der Waals surface area contributed by atoms with Gasteiger partial charge in [0.1, 0.15) is 11.6 Å². The molecule has 1 saturated heterocycles. The number of aryl methyl sites for hydroxylation is 1. The Labute approximate surface area is 241 Å². The van der Waals surface area contributed by atoms with Crippen LogP contribution in [-0.4, -0.2) is 67.2 Å². The SMILES string of the molecule is COc1ccc(Cl)cc1N1CCN(CCCNC(=O)c2ccc(-c3nc4ccc(C(F)(F)F)cc4[nH]3)c(C)c2)CC1. The van der Waals surface area contributed by atoms with E-state index in [9.17, 15) is 18.0 Å². The van der Waals surface area contributed by atoms with Crippen LogP contribution in [0, 0.1) is 6.92 Å². The van der Waals surface area contributed by atoms with E-state index in [1.54, 1.807) is 25.3 Å². The summed E-state index contributed by atoms with van der Waals surface area (Å²) in [6.07, 6.45) is -3.60. The quantitative estimate of drug-likeness (QED) is 0.242. The summed E-state index contributed by atoms with van der Waals surface area (Å²) in [6.45, 7) is 6.81. The Balaban J connectivity index is 1.11. The van der Waals surface area contributed by atoms with Crippen LogP contribution in [0.4, 0.5) is 18.9 Å². The Hall–Kier alpha value is -3.76. The highest BCUT2D eigenvalue weighted by molar-refractivity contribution is 6.31. The fourth-order valence-electron chi connectivity index (χ4n) is 5.11. The second-order valence-electron chi connectivity index (χ2n) is 10.1. The van der Waals surface area contributed by atoms with Crippen molar-refractivity contribution in [1.82, 2.24) is 20.2 Å². The van der Waals surface area contributed by atoms with Crippen molar-refractivity contribution in [2.45, 2.75) is 19.5 Å². The molecule has 0 radical (unpaired) electrons. The molecule has 0 spiro atoms. The number of H-pyrrole nitrogens is 1. The van der Waals surface area contributed by atoms with Gasteiger partial charge in [-0.3, -0.25) is 9.69 Å². The van der Waals surface area contributed by atoms with Crippen molar-refractivity contribution < 1.29 is 22.7 Å². The van der Waals surface area contributed by atoms with Gasteiger partial charge in [-0.2, -0.15) is 13.2 Å². The minimum atomic E-state index is -4.42. The smallest absolute Gasteiger partial charge is 0.416 e. The van der Waals surface area contributed by atoms with Crippen molar-refractivity contribution in [3.63, 3.8) is 0 Å². The average Bonchev–Trinajstić information content (AvgIpc) is 3.38. The Bertz CT molecular complexity index is 1550. The number of anilines is 1. The van der Waals surface area contributed by atoms with Gasteiger partial charge >= 0.3 is 6.18 Å². The summed E-state index contributed by atoms with van der Waals surface area (Å²) in [5.41, 5.74) is 3.06. The van der Waals surface area contributed by atoms with E-state index in [2.05, 4.69) is 25.1 Å². The Morgan fingerprint density at radius 1 is 1.07 bits per heavy atom. The first-order valence-corrected chi connectivity index (χ1v) is 13.8. The molecule has 2 N–H and O–H groups in total. The van der Waals surface area contributed by atoms with Crippen molar-refractivity contribution in [3.8, 4) is 17.1 Å². The first-order valence-electron chi connectivity index (χ1n) is 13.4. The molecule has 1 aliphatic rings. The van der Waals surface area contributed by atoms with Gasteiger partial charge < -0.3 is 19.9 Å². The van der Waals surface area contributed by atoms with Gasteiger partial charge in [-0.1, -0.05) is 17.7 Å². The lowest BCUT2D eigenvalue weighted by molar-refractivity contribution is -0.137. The molecule has 1 amide bonds. The summed E-state index contributed by atoms with van der Waals surface area (Å²) >= 11 is 6.19. The fraction of sp³-hybridized carbons (Fsp3) is 0.333. The summed E-state index contributed by atoms with van der Waals surface area (Å²) < 4.78 is 44.7. The zero-order valence-electron chi connectivity index (χ0n) is 22.8. The van der Waals surface area contributed by atoms with Gasteiger partial charge in [-0.25, -0.2) is 4.98 Å². The standard InChI is InChI=1S/C30H31ClF3N5O2/c1-19-16-20(4-7-23(19)28-36-24-8-5-21(30(32,33)34)17-25(24)37-28)29(40)35-10-3-11-38-12-14-39(15-13-38)26-18-22(31)6-9-27(26)41-2/h4-9,16-18H,3,10-15H2,1-2H3,(H,35,40)(H,36,37). The molecule has 2 heterocycles. The maximum absolute atomic E-state index is 13.1. The number of rotatable bonds is 8. The molecular weight excluding hydrogens is 555 g/mol. The number of nitrogens with one attached hydrogen (secondary N) is 2. The van der Waals surface area contributed by atoms with Gasteiger partial charge in [-0.05, 0) is 74.0 Å². The van der Waals surface area contributed by atoms with E-state index < -0.39 is 11.7 Å². The van der Waals surface area contributed by atoms with Gasteiger partial charge in [-0.15, -0.1) is 0 Å². The van der Waals surface area contributed by atoms with Gasteiger partial charge in [0.05, 0.1) is 29.4 Å². The number of imidazole rings is 1. The Morgan fingerprint density at radius 2 is 1.85 bits per heavy atom. The number of benzene rings is 3. The molecule has 0 bridgehead atoms. The summed E-state index contributed by atoms with van der Waals surface area (Å²) in [5, 5.41) is 3.67. The first kappa shape index (κ1) is 28.8. The second kappa shape index (κ2) is 12.0. The molecule has 216 valence electrons. The third-order valence-corrected chi connectivity index (χ3v) is 7.58. The van der Waals surface area contributed by atoms with E-state index in [4.69, 9.17) is 16.3 Å². The maximum Gasteiger partial charge on any atom is 0.416 e. The van der Waals surface area contributed by atoms with Crippen LogP contribution in [-0.2, 0) is 6.18 Å². The molecule has 0 atom stereocenters. The lowest BCUT2D eigenvalue weighted by Crippen LogP contribution is -2.47. The summed E-state index contributed by atoms with van der Waals surface area (Å²) in [7, 11) is 1.66. The van der Waals surface area contributed by atoms with E-state index in [0.29, 0.717) is 34.0 Å². The molecule has 41 heavy (non-hydrogen) atoms. The molecule has 1 aliphatic heterocycles. The zero-order chi connectivity index (χ0) is 29.1. The molecule has 11 heteroatoms. The predicted octanol–water partition coefficient (Wildman–Crippen LogP) is 6.16. The third-order valence-electron chi connectivity index (χ3n) is 7.34. The van der Waals surface area contributed by atoms with Crippen molar-refractivity contribution in [1.29, 1.82) is 0 Å². The largest absolute Gasteiger partial charge is 0.495 e. The fourth-order valence-corrected chi connectivity index (χ4v) is 5.28. The van der Waals surface area contributed by atoms with Crippen molar-refractivity contribution in [3.05, 3.63) is 76.3 Å². The Kier molecular flexibility index (Phi) is 8.42. The van der Waals surface area contributed by atoms with E-state index in [0.717, 1.165) is 73.8 Å². The minimum Gasteiger partial charge on any atom is -0.495 e. The van der Waals surface area contributed by atoms with Crippen LogP contribution < -0.4 is 15.0 Å². The highest BCUT2D eigenvalue weighted by Gasteiger charge is 2.30. The molecule has 0 aliphatic carbocycles. The number of piperazine rings is 1. The lowest BCUT2D eigenvalue weighted by atomic mass is 10.0. The average molecular weight is 586 g/mol. The Morgan fingerprint density at radius 3 is 2.56 bits per heavy atom. The molecule has 1 aromatic heterocycles. The number of hydrogen-bond donors (Lipinski definition) is 2. The maximum atomic E-state index is 13.1. The summed E-state index contributed by atoms with van der Waals surface area (Å²) in [4.78, 5) is 24.8. The van der Waals surface area contributed by atoms with Gasteiger partial charge in [0.25, 0.3) is 5.91 Å². The van der Waals surface area contributed by atoms with E-state index in [1.807, 2.05) is 25.1 Å². The molecule has 0 unspecified atom stereocenters. The molecule has 5 rings (SSSR count). The highest BCUT2D eigenvalue weighted by atomic mass is 35.5. The van der Waals surface area contributed by atoms with E-state index in [1.165, 1.54) is 6.07 Å². The lowest BCUT2D eigenvalue weighted by Gasteiger charge is -2.36. The van der Waals surface area contributed by atoms with E-state index >= 15 is 0 Å². The zero-order valence-corrected chi connectivity index (χ0v) is 23.6. The van der Waals surface area contributed by atoms with Crippen molar-refractivity contribution >= 4 is 34.2 Å². The number of aromatic nitrogens is 2. The van der Waals surface area contributed by atoms with Gasteiger partial charge in [0.2, 0.25) is 0 Å². The van der Waals surface area contributed by atoms with Gasteiger partial charge in [0, 0.05) is 48.9 Å². The number of methoxy groups -OCH3 is 1. The van der Waals surface area contributed by atoms with Crippen LogP contribution in [0.25, 0.3) is 22.4 Å². The number of nitrogens with zero attached hydrogens (tertiary/aromatic N) is 3. The van der Waals surface area contributed by atoms with Crippen LogP contribution in [0.15, 0.2) is 54.6 Å². The van der Waals surface area contributed by atoms with Crippen molar-refractivity contribution in [2.75, 3.05) is 51.3 Å². The number of hydrogen-bond acceptors (Lipinski definition) is 5. The normalized spacial score (nSPS) is 14.4. The van der Waals surface area contributed by atoms with Crippen LogP contribution in [0.2, 0.25) is 5.02 Å². The number of alkyl halides is 3. The molecule has 0 saturated carbocycles. The monoisotopic (exact) mass is 585 g/mol. The van der Waals surface area contributed by atoms with E-state index in [-0.39, 0.29) is 5.91 Å². The molecule has 4 aromatic rings. The van der Waals surface area contributed by atoms with Crippen LogP contribution >= 0.6 is 11.6 Å². The highest BCUT2D eigenvalue weighted by Crippen LogP contribution is 2.33. The molecule has 7 nitrogen and oxygen atoms in total.